The normalized spacial score (nSPS) is 18.7. The zero-order valence-corrected chi connectivity index (χ0v) is 6.68. The predicted octanol–water partition coefficient (Wildman–Crippen LogP) is 1.77. The minimum atomic E-state index is 0.817. The Morgan fingerprint density at radius 2 is 2.10 bits per heavy atom. The van der Waals surface area contributed by atoms with E-state index >= 15 is 0 Å². The molecule has 1 aliphatic heterocycles. The van der Waals surface area contributed by atoms with Gasteiger partial charge in [-0.15, -0.1) is 0 Å². The molecule has 0 aromatic carbocycles. The van der Waals surface area contributed by atoms with E-state index in [0.717, 1.165) is 11.5 Å². The maximum absolute atomic E-state index is 4.19. The lowest BCUT2D eigenvalue weighted by Crippen LogP contribution is -2.18. The first-order valence-electron chi connectivity index (χ1n) is 3.27. The summed E-state index contributed by atoms with van der Waals surface area (Å²) in [6.07, 6.45) is 2.04. The number of aliphatic imine (C=N–C) groups is 1. The van der Waals surface area contributed by atoms with Crippen molar-refractivity contribution in [2.45, 2.75) is 13.8 Å². The van der Waals surface area contributed by atoms with Gasteiger partial charge in [0.05, 0.1) is 0 Å². The summed E-state index contributed by atoms with van der Waals surface area (Å²) in [4.78, 5) is 6.15. The second-order valence-corrected chi connectivity index (χ2v) is 2.51. The Labute approximate surface area is 61.6 Å². The Balaban J connectivity index is 2.95. The van der Waals surface area contributed by atoms with Crippen LogP contribution in [0, 0.1) is 0 Å². The van der Waals surface area contributed by atoms with Crippen molar-refractivity contribution in [2.75, 3.05) is 7.05 Å². The Bertz CT molecular complexity index is 223. The van der Waals surface area contributed by atoms with Crippen LogP contribution in [0.5, 0.6) is 0 Å². The Hall–Kier alpha value is -1.05. The number of nitrogens with zero attached hydrogens (tertiary/aromatic N) is 2. The molecule has 0 unspecified atom stereocenters. The Morgan fingerprint density at radius 1 is 1.50 bits per heavy atom. The van der Waals surface area contributed by atoms with E-state index < -0.39 is 0 Å². The summed E-state index contributed by atoms with van der Waals surface area (Å²) in [6.45, 7) is 7.81. The topological polar surface area (TPSA) is 15.6 Å². The number of hydrogen-bond acceptors (Lipinski definition) is 2. The van der Waals surface area contributed by atoms with Gasteiger partial charge in [0.1, 0.15) is 5.82 Å². The van der Waals surface area contributed by atoms with E-state index in [2.05, 4.69) is 11.6 Å². The highest BCUT2D eigenvalue weighted by molar-refractivity contribution is 5.94. The molecular formula is C8H12N2. The first-order valence-corrected chi connectivity index (χ1v) is 3.27. The van der Waals surface area contributed by atoms with Crippen LogP contribution in [0.15, 0.2) is 29.2 Å². The number of rotatable bonds is 0. The molecule has 1 rings (SSSR count). The van der Waals surface area contributed by atoms with Crippen molar-refractivity contribution in [1.82, 2.24) is 4.90 Å². The highest BCUT2D eigenvalue weighted by Gasteiger charge is 2.07. The lowest BCUT2D eigenvalue weighted by atomic mass is 10.3. The smallest absolute Gasteiger partial charge is 0.125 e. The van der Waals surface area contributed by atoms with Crippen molar-refractivity contribution >= 4 is 5.71 Å². The Morgan fingerprint density at radius 3 is 2.60 bits per heavy atom. The summed E-state index contributed by atoms with van der Waals surface area (Å²) in [5.41, 5.74) is 2.22. The molecule has 2 heteroatoms. The van der Waals surface area contributed by atoms with Gasteiger partial charge in [0.25, 0.3) is 0 Å². The van der Waals surface area contributed by atoms with Gasteiger partial charge < -0.3 is 4.90 Å². The van der Waals surface area contributed by atoms with Crippen molar-refractivity contribution in [3.05, 3.63) is 24.2 Å². The van der Waals surface area contributed by atoms with E-state index in [4.69, 9.17) is 0 Å². The molecule has 0 spiro atoms. The summed E-state index contributed by atoms with van der Waals surface area (Å²) in [7, 11) is 1.96. The van der Waals surface area contributed by atoms with Gasteiger partial charge in [-0.25, -0.2) is 4.99 Å². The zero-order valence-electron chi connectivity index (χ0n) is 6.68. The summed E-state index contributed by atoms with van der Waals surface area (Å²) < 4.78 is 0. The molecule has 0 saturated heterocycles. The molecule has 0 aliphatic carbocycles. The minimum Gasteiger partial charge on any atom is -0.334 e. The minimum absolute atomic E-state index is 0.817. The number of allylic oxidation sites excluding steroid dienone is 2. The average molecular weight is 136 g/mol. The summed E-state index contributed by atoms with van der Waals surface area (Å²) in [5.74, 6) is 0.817. The van der Waals surface area contributed by atoms with Gasteiger partial charge in [0, 0.05) is 18.5 Å². The van der Waals surface area contributed by atoms with Crippen LogP contribution in [0.1, 0.15) is 13.8 Å². The molecule has 0 aromatic rings. The second-order valence-electron chi connectivity index (χ2n) is 2.51. The molecule has 0 fully saturated rings. The summed E-state index contributed by atoms with van der Waals surface area (Å²) >= 11 is 0. The highest BCUT2D eigenvalue weighted by atomic mass is 15.2. The lowest BCUT2D eigenvalue weighted by molar-refractivity contribution is 0.512. The Kier molecular flexibility index (Phi) is 1.62. The molecule has 0 bridgehead atoms. The van der Waals surface area contributed by atoms with Crippen LogP contribution in [0.2, 0.25) is 0 Å². The molecule has 0 saturated carbocycles. The molecule has 0 radical (unpaired) electrons. The van der Waals surface area contributed by atoms with Crippen LogP contribution >= 0.6 is 0 Å². The fourth-order valence-electron chi connectivity index (χ4n) is 0.914. The monoisotopic (exact) mass is 136 g/mol. The third-order valence-corrected chi connectivity index (χ3v) is 1.64. The van der Waals surface area contributed by atoms with Gasteiger partial charge in [-0.05, 0) is 19.9 Å². The highest BCUT2D eigenvalue weighted by Crippen LogP contribution is 2.14. The fourth-order valence-corrected chi connectivity index (χ4v) is 0.914. The van der Waals surface area contributed by atoms with Crippen LogP contribution in [-0.2, 0) is 0 Å². The van der Waals surface area contributed by atoms with E-state index in [1.807, 2.05) is 31.9 Å². The van der Waals surface area contributed by atoms with Crippen molar-refractivity contribution < 1.29 is 0 Å². The van der Waals surface area contributed by atoms with E-state index in [9.17, 15) is 0 Å². The van der Waals surface area contributed by atoms with E-state index in [0.29, 0.717) is 0 Å². The van der Waals surface area contributed by atoms with E-state index in [1.165, 1.54) is 5.70 Å². The average Bonchev–Trinajstić information content (AvgIpc) is 1.82. The van der Waals surface area contributed by atoms with Crippen LogP contribution in [0.3, 0.4) is 0 Å². The molecule has 0 N–H and O–H groups in total. The molecule has 54 valence electrons. The molecule has 10 heavy (non-hydrogen) atoms. The lowest BCUT2D eigenvalue weighted by Gasteiger charge is -2.22. The molecule has 0 atom stereocenters. The quantitative estimate of drug-likeness (QED) is 0.495. The first kappa shape index (κ1) is 7.06. The zero-order chi connectivity index (χ0) is 7.72. The van der Waals surface area contributed by atoms with Gasteiger partial charge in [0.2, 0.25) is 0 Å². The van der Waals surface area contributed by atoms with Gasteiger partial charge in [-0.1, -0.05) is 6.58 Å². The third kappa shape index (κ3) is 1.10. The fraction of sp³-hybridized carbons (Fsp3) is 0.375. The second kappa shape index (κ2) is 2.29. The van der Waals surface area contributed by atoms with Gasteiger partial charge in [-0.2, -0.15) is 0 Å². The molecule has 1 aliphatic rings. The van der Waals surface area contributed by atoms with Gasteiger partial charge >= 0.3 is 0 Å². The van der Waals surface area contributed by atoms with Gasteiger partial charge in [0.15, 0.2) is 0 Å². The third-order valence-electron chi connectivity index (χ3n) is 1.64. The van der Waals surface area contributed by atoms with Crippen molar-refractivity contribution in [3.8, 4) is 0 Å². The predicted molar refractivity (Wildman–Crippen MR) is 43.8 cm³/mol. The summed E-state index contributed by atoms with van der Waals surface area (Å²) in [6, 6.07) is 0. The maximum atomic E-state index is 4.19. The van der Waals surface area contributed by atoms with Crippen molar-refractivity contribution in [3.63, 3.8) is 0 Å². The largest absolute Gasteiger partial charge is 0.334 e. The molecule has 2 nitrogen and oxygen atoms in total. The molecule has 0 amide bonds. The standard InChI is InChI=1S/C8H12N2/c1-6-5-7(2)10(4)8(3)9-6/h5H,3H2,1-2,4H3. The maximum Gasteiger partial charge on any atom is 0.125 e. The van der Waals surface area contributed by atoms with Gasteiger partial charge in [-0.3, -0.25) is 0 Å². The van der Waals surface area contributed by atoms with Crippen molar-refractivity contribution in [2.24, 2.45) is 4.99 Å². The van der Waals surface area contributed by atoms with E-state index in [-0.39, 0.29) is 0 Å². The molecule has 1 heterocycles. The molecule has 0 aromatic heterocycles. The van der Waals surface area contributed by atoms with Crippen LogP contribution in [0.25, 0.3) is 0 Å². The number of hydrogen-bond donors (Lipinski definition) is 0. The van der Waals surface area contributed by atoms with Crippen molar-refractivity contribution in [1.29, 1.82) is 0 Å². The van der Waals surface area contributed by atoms with Crippen LogP contribution < -0.4 is 0 Å². The summed E-state index contributed by atoms with van der Waals surface area (Å²) in [5, 5.41) is 0. The SMILES string of the molecule is C=C1N=C(C)C=C(C)N1C. The van der Waals surface area contributed by atoms with Crippen LogP contribution in [0.4, 0.5) is 0 Å². The first-order chi connectivity index (χ1) is 4.61. The van der Waals surface area contributed by atoms with Crippen LogP contribution in [-0.4, -0.2) is 17.7 Å². The molecular weight excluding hydrogens is 124 g/mol. The van der Waals surface area contributed by atoms with E-state index in [1.54, 1.807) is 0 Å².